The van der Waals surface area contributed by atoms with Crippen molar-refractivity contribution in [2.75, 3.05) is 18.5 Å². The largest absolute Gasteiger partial charge is 0.444 e. The molecule has 0 aliphatic carbocycles. The molecule has 1 aromatic carbocycles. The predicted octanol–water partition coefficient (Wildman–Crippen LogP) is 3.52. The molecule has 1 fully saturated rings. The van der Waals surface area contributed by atoms with Gasteiger partial charge in [0.05, 0.1) is 5.69 Å². The molecular weight excluding hydrogens is 278 g/mol. The Hall–Kier alpha value is -1.75. The number of hydrogen-bond donors (Lipinski definition) is 2. The molecule has 0 radical (unpaired) electrons. The SMILES string of the molecule is CC(C)(C)OC(=O)NCc1ccccc1NN1CCCCC1. The number of amides is 1. The fourth-order valence-electron chi connectivity index (χ4n) is 2.44. The van der Waals surface area contributed by atoms with E-state index < -0.39 is 5.60 Å². The molecule has 0 atom stereocenters. The summed E-state index contributed by atoms with van der Waals surface area (Å²) in [5.74, 6) is 0. The van der Waals surface area contributed by atoms with Gasteiger partial charge in [-0.25, -0.2) is 9.80 Å². The minimum absolute atomic E-state index is 0.389. The molecule has 122 valence electrons. The summed E-state index contributed by atoms with van der Waals surface area (Å²) in [6.07, 6.45) is 3.37. The quantitative estimate of drug-likeness (QED) is 0.893. The molecular formula is C17H27N3O2. The second kappa shape index (κ2) is 7.49. The van der Waals surface area contributed by atoms with Crippen molar-refractivity contribution in [1.82, 2.24) is 10.3 Å². The maximum Gasteiger partial charge on any atom is 0.407 e. The first-order valence-electron chi connectivity index (χ1n) is 8.00. The van der Waals surface area contributed by atoms with Crippen LogP contribution in [-0.4, -0.2) is 29.8 Å². The number of carbonyl (C=O) groups is 1. The number of rotatable bonds is 4. The van der Waals surface area contributed by atoms with E-state index in [1.807, 2.05) is 45.0 Å². The Kier molecular flexibility index (Phi) is 5.66. The van der Waals surface area contributed by atoms with Crippen molar-refractivity contribution in [3.63, 3.8) is 0 Å². The molecule has 1 amide bonds. The lowest BCUT2D eigenvalue weighted by molar-refractivity contribution is 0.0523. The molecule has 1 heterocycles. The summed E-state index contributed by atoms with van der Waals surface area (Å²) in [5.41, 5.74) is 5.08. The van der Waals surface area contributed by atoms with Crippen LogP contribution in [0.3, 0.4) is 0 Å². The summed E-state index contributed by atoms with van der Waals surface area (Å²) in [7, 11) is 0. The van der Waals surface area contributed by atoms with Gasteiger partial charge in [0.2, 0.25) is 0 Å². The van der Waals surface area contributed by atoms with Gasteiger partial charge in [0.15, 0.2) is 0 Å². The number of piperidine rings is 1. The molecule has 0 spiro atoms. The Morgan fingerprint density at radius 1 is 1.18 bits per heavy atom. The van der Waals surface area contributed by atoms with Gasteiger partial charge in [0, 0.05) is 19.6 Å². The van der Waals surface area contributed by atoms with Gasteiger partial charge in [-0.15, -0.1) is 0 Å². The molecule has 1 saturated heterocycles. The third-order valence-electron chi connectivity index (χ3n) is 3.47. The molecule has 1 aliphatic rings. The number of alkyl carbamates (subject to hydrolysis) is 1. The van der Waals surface area contributed by atoms with E-state index in [1.54, 1.807) is 0 Å². The number of nitrogens with zero attached hydrogens (tertiary/aromatic N) is 1. The number of nitrogens with one attached hydrogen (secondary N) is 2. The van der Waals surface area contributed by atoms with Crippen LogP contribution < -0.4 is 10.7 Å². The lowest BCUT2D eigenvalue weighted by Crippen LogP contribution is -2.36. The molecule has 5 nitrogen and oxygen atoms in total. The molecule has 2 rings (SSSR count). The second-order valence-electron chi connectivity index (χ2n) is 6.67. The van der Waals surface area contributed by atoms with E-state index >= 15 is 0 Å². The number of para-hydroxylation sites is 1. The third-order valence-corrected chi connectivity index (χ3v) is 3.47. The van der Waals surface area contributed by atoms with Crippen molar-refractivity contribution in [2.45, 2.75) is 52.2 Å². The minimum atomic E-state index is -0.477. The molecule has 1 aromatic rings. The van der Waals surface area contributed by atoms with E-state index in [2.05, 4.69) is 15.8 Å². The van der Waals surface area contributed by atoms with Gasteiger partial charge in [-0.2, -0.15) is 0 Å². The summed E-state index contributed by atoms with van der Waals surface area (Å²) >= 11 is 0. The fourth-order valence-corrected chi connectivity index (χ4v) is 2.44. The van der Waals surface area contributed by atoms with E-state index in [4.69, 9.17) is 4.74 Å². The number of carbonyl (C=O) groups excluding carboxylic acids is 1. The summed E-state index contributed by atoms with van der Waals surface area (Å²) in [5, 5.41) is 5.06. The minimum Gasteiger partial charge on any atom is -0.444 e. The van der Waals surface area contributed by atoms with E-state index in [1.165, 1.54) is 19.3 Å². The van der Waals surface area contributed by atoms with Crippen molar-refractivity contribution in [3.05, 3.63) is 29.8 Å². The maximum atomic E-state index is 11.8. The zero-order valence-corrected chi connectivity index (χ0v) is 13.8. The van der Waals surface area contributed by atoms with Gasteiger partial charge in [-0.3, -0.25) is 0 Å². The highest BCUT2D eigenvalue weighted by atomic mass is 16.6. The second-order valence-corrected chi connectivity index (χ2v) is 6.67. The monoisotopic (exact) mass is 305 g/mol. The summed E-state index contributed by atoms with van der Waals surface area (Å²) in [6, 6.07) is 8.04. The van der Waals surface area contributed by atoms with E-state index in [0.29, 0.717) is 6.54 Å². The average Bonchev–Trinajstić information content (AvgIpc) is 2.46. The smallest absolute Gasteiger partial charge is 0.407 e. The Labute approximate surface area is 133 Å². The highest BCUT2D eigenvalue weighted by Crippen LogP contribution is 2.18. The third kappa shape index (κ3) is 5.56. The molecule has 2 N–H and O–H groups in total. The first-order chi connectivity index (χ1) is 10.4. The van der Waals surface area contributed by atoms with Gasteiger partial charge in [0.25, 0.3) is 0 Å². The number of hydrazine groups is 1. The molecule has 0 bridgehead atoms. The van der Waals surface area contributed by atoms with Crippen LogP contribution in [0.25, 0.3) is 0 Å². The Bertz CT molecular complexity index is 491. The highest BCUT2D eigenvalue weighted by molar-refractivity contribution is 5.68. The standard InChI is InChI=1S/C17H27N3O2/c1-17(2,3)22-16(21)18-13-14-9-5-6-10-15(14)19-20-11-7-4-8-12-20/h5-6,9-10,19H,4,7-8,11-13H2,1-3H3,(H,18,21). The summed E-state index contributed by atoms with van der Waals surface area (Å²) in [4.78, 5) is 11.8. The van der Waals surface area contributed by atoms with Crippen molar-refractivity contribution in [3.8, 4) is 0 Å². The van der Waals surface area contributed by atoms with Crippen LogP contribution in [0.5, 0.6) is 0 Å². The Balaban J connectivity index is 1.91. The maximum absolute atomic E-state index is 11.8. The average molecular weight is 305 g/mol. The van der Waals surface area contributed by atoms with Crippen molar-refractivity contribution >= 4 is 11.8 Å². The number of ether oxygens (including phenoxy) is 1. The van der Waals surface area contributed by atoms with Gasteiger partial charge in [0.1, 0.15) is 5.60 Å². The lowest BCUT2D eigenvalue weighted by atomic mass is 10.1. The zero-order chi connectivity index (χ0) is 16.0. The van der Waals surface area contributed by atoms with Crippen LogP contribution in [0.1, 0.15) is 45.6 Å². The van der Waals surface area contributed by atoms with Crippen LogP contribution in [0, 0.1) is 0 Å². The molecule has 22 heavy (non-hydrogen) atoms. The first kappa shape index (κ1) is 16.6. The highest BCUT2D eigenvalue weighted by Gasteiger charge is 2.16. The van der Waals surface area contributed by atoms with Crippen molar-refractivity contribution in [2.24, 2.45) is 0 Å². The normalized spacial score (nSPS) is 16.1. The number of anilines is 1. The Morgan fingerprint density at radius 2 is 1.86 bits per heavy atom. The topological polar surface area (TPSA) is 53.6 Å². The molecule has 0 unspecified atom stereocenters. The molecule has 5 heteroatoms. The molecule has 0 saturated carbocycles. The van der Waals surface area contributed by atoms with E-state index in [0.717, 1.165) is 24.3 Å². The van der Waals surface area contributed by atoms with Gasteiger partial charge in [-0.05, 0) is 45.2 Å². The van der Waals surface area contributed by atoms with Crippen molar-refractivity contribution < 1.29 is 9.53 Å². The van der Waals surface area contributed by atoms with Crippen LogP contribution in [0.2, 0.25) is 0 Å². The zero-order valence-electron chi connectivity index (χ0n) is 13.8. The Morgan fingerprint density at radius 3 is 2.55 bits per heavy atom. The van der Waals surface area contributed by atoms with Crippen LogP contribution in [-0.2, 0) is 11.3 Å². The van der Waals surface area contributed by atoms with Gasteiger partial charge < -0.3 is 15.5 Å². The summed E-state index contributed by atoms with van der Waals surface area (Å²) < 4.78 is 5.27. The number of hydrogen-bond acceptors (Lipinski definition) is 4. The van der Waals surface area contributed by atoms with Crippen LogP contribution in [0.4, 0.5) is 10.5 Å². The van der Waals surface area contributed by atoms with Crippen molar-refractivity contribution in [1.29, 1.82) is 0 Å². The molecule has 0 aromatic heterocycles. The number of benzene rings is 1. The van der Waals surface area contributed by atoms with Gasteiger partial charge in [-0.1, -0.05) is 24.6 Å². The fraction of sp³-hybridized carbons (Fsp3) is 0.588. The first-order valence-corrected chi connectivity index (χ1v) is 8.00. The molecule has 1 aliphatic heterocycles. The summed E-state index contributed by atoms with van der Waals surface area (Å²) in [6.45, 7) is 8.16. The van der Waals surface area contributed by atoms with Crippen LogP contribution >= 0.6 is 0 Å². The van der Waals surface area contributed by atoms with Crippen LogP contribution in [0.15, 0.2) is 24.3 Å². The lowest BCUT2D eigenvalue weighted by Gasteiger charge is -2.29. The predicted molar refractivity (Wildman–Crippen MR) is 88.6 cm³/mol. The van der Waals surface area contributed by atoms with Gasteiger partial charge >= 0.3 is 6.09 Å². The van der Waals surface area contributed by atoms with E-state index in [-0.39, 0.29) is 6.09 Å². The van der Waals surface area contributed by atoms with E-state index in [9.17, 15) is 4.79 Å².